The highest BCUT2D eigenvalue weighted by atomic mass is 127. The van der Waals surface area contributed by atoms with Crippen molar-refractivity contribution in [2.75, 3.05) is 19.7 Å². The van der Waals surface area contributed by atoms with Crippen LogP contribution in [-0.4, -0.2) is 42.7 Å². The number of hydrogen-bond donors (Lipinski definition) is 1. The molecule has 2 N–H and O–H groups in total. The van der Waals surface area contributed by atoms with Crippen molar-refractivity contribution < 1.29 is 4.74 Å². The molecular weight excluding hydrogens is 341 g/mol. The smallest absolute Gasteiger partial charge is 0.191 e. The van der Waals surface area contributed by atoms with Gasteiger partial charge in [0.25, 0.3) is 0 Å². The molecule has 0 aromatic carbocycles. The molecule has 1 atom stereocenters. The Labute approximate surface area is 127 Å². The van der Waals surface area contributed by atoms with Gasteiger partial charge in [-0.3, -0.25) is 0 Å². The molecule has 1 saturated carbocycles. The third-order valence-electron chi connectivity index (χ3n) is 4.77. The minimum absolute atomic E-state index is 0. The molecule has 2 rings (SSSR count). The van der Waals surface area contributed by atoms with Gasteiger partial charge in [-0.15, -0.1) is 24.0 Å². The average molecular weight is 367 g/mol. The Morgan fingerprint density at radius 2 is 1.83 bits per heavy atom. The van der Waals surface area contributed by atoms with Crippen molar-refractivity contribution in [2.45, 2.75) is 46.8 Å². The van der Waals surface area contributed by atoms with Gasteiger partial charge in [0.2, 0.25) is 0 Å². The van der Waals surface area contributed by atoms with Gasteiger partial charge in [0.15, 0.2) is 5.96 Å². The molecule has 1 aliphatic carbocycles. The Morgan fingerprint density at radius 1 is 1.28 bits per heavy atom. The number of hydrogen-bond acceptors (Lipinski definition) is 2. The number of morpholine rings is 1. The van der Waals surface area contributed by atoms with Crippen molar-refractivity contribution in [1.29, 1.82) is 0 Å². The number of nitrogens with two attached hydrogens (primary N) is 1. The van der Waals surface area contributed by atoms with Gasteiger partial charge in [0, 0.05) is 13.1 Å². The van der Waals surface area contributed by atoms with Crippen molar-refractivity contribution in [2.24, 2.45) is 21.6 Å². The standard InChI is InChI=1S/C13H25N3O.HI/c1-9-8-16(6-7-17-9)11(14)15-10-12(2,3)13(10,4)5;/h9-10H,6-8H2,1-5H3,(H2,14,15);1H. The molecular formula is C13H26IN3O. The fraction of sp³-hybridized carbons (Fsp3) is 0.923. The molecule has 106 valence electrons. The topological polar surface area (TPSA) is 50.8 Å². The van der Waals surface area contributed by atoms with Crippen LogP contribution in [0.4, 0.5) is 0 Å². The first-order valence-electron chi connectivity index (χ1n) is 6.46. The molecule has 0 amide bonds. The zero-order chi connectivity index (χ0) is 12.8. The lowest BCUT2D eigenvalue weighted by Crippen LogP contribution is -2.48. The predicted molar refractivity (Wildman–Crippen MR) is 85.4 cm³/mol. The van der Waals surface area contributed by atoms with Crippen LogP contribution in [0, 0.1) is 10.8 Å². The summed E-state index contributed by atoms with van der Waals surface area (Å²) in [6, 6.07) is 0.341. The zero-order valence-electron chi connectivity index (χ0n) is 12.1. The van der Waals surface area contributed by atoms with E-state index in [9.17, 15) is 0 Å². The highest BCUT2D eigenvalue weighted by Crippen LogP contribution is 2.64. The molecule has 0 bridgehead atoms. The third-order valence-corrected chi connectivity index (χ3v) is 4.77. The number of aliphatic imine (C=N–C) groups is 1. The van der Waals surface area contributed by atoms with Gasteiger partial charge in [0.05, 0.1) is 18.8 Å². The van der Waals surface area contributed by atoms with Gasteiger partial charge < -0.3 is 15.4 Å². The summed E-state index contributed by atoms with van der Waals surface area (Å²) in [6.45, 7) is 13.6. The Bertz CT molecular complexity index is 327. The van der Waals surface area contributed by atoms with Crippen molar-refractivity contribution >= 4 is 29.9 Å². The molecule has 0 spiro atoms. The average Bonchev–Trinajstić information content (AvgIpc) is 2.61. The van der Waals surface area contributed by atoms with E-state index in [1.54, 1.807) is 0 Å². The van der Waals surface area contributed by atoms with Crippen molar-refractivity contribution in [3.63, 3.8) is 0 Å². The molecule has 4 nitrogen and oxygen atoms in total. The molecule has 0 aromatic heterocycles. The maximum atomic E-state index is 6.11. The molecule has 1 aliphatic heterocycles. The summed E-state index contributed by atoms with van der Waals surface area (Å²) in [7, 11) is 0. The molecule has 1 unspecified atom stereocenters. The third kappa shape index (κ3) is 2.61. The summed E-state index contributed by atoms with van der Waals surface area (Å²) in [5.74, 6) is 0.684. The molecule has 0 radical (unpaired) electrons. The Hall–Kier alpha value is -0.0400. The summed E-state index contributed by atoms with van der Waals surface area (Å²) < 4.78 is 5.51. The van der Waals surface area contributed by atoms with E-state index in [2.05, 4.69) is 39.5 Å². The van der Waals surface area contributed by atoms with E-state index >= 15 is 0 Å². The van der Waals surface area contributed by atoms with Crippen LogP contribution in [0.1, 0.15) is 34.6 Å². The van der Waals surface area contributed by atoms with Crippen LogP contribution < -0.4 is 5.73 Å². The molecule has 5 heteroatoms. The van der Waals surface area contributed by atoms with Crippen LogP contribution in [0.15, 0.2) is 4.99 Å². The number of ether oxygens (including phenoxy) is 1. The van der Waals surface area contributed by atoms with Gasteiger partial charge in [0.1, 0.15) is 0 Å². The van der Waals surface area contributed by atoms with E-state index in [1.807, 2.05) is 0 Å². The SMILES string of the molecule is CC1CN(C(N)=NC2C(C)(C)C2(C)C)CCO1.I. The quantitative estimate of drug-likeness (QED) is 0.439. The van der Waals surface area contributed by atoms with E-state index < -0.39 is 0 Å². The highest BCUT2D eigenvalue weighted by molar-refractivity contribution is 14.0. The number of halogens is 1. The Kier molecular flexibility index (Phi) is 4.58. The lowest BCUT2D eigenvalue weighted by Gasteiger charge is -2.32. The number of nitrogens with zero attached hydrogens (tertiary/aromatic N) is 2. The molecule has 2 fully saturated rings. The van der Waals surface area contributed by atoms with Gasteiger partial charge in [-0.05, 0) is 17.8 Å². The van der Waals surface area contributed by atoms with Crippen LogP contribution in [-0.2, 0) is 4.74 Å². The van der Waals surface area contributed by atoms with Crippen LogP contribution in [0.3, 0.4) is 0 Å². The first-order chi connectivity index (χ1) is 7.76. The van der Waals surface area contributed by atoms with E-state index in [0.717, 1.165) is 19.7 Å². The van der Waals surface area contributed by atoms with Crippen molar-refractivity contribution in [3.8, 4) is 0 Å². The predicted octanol–water partition coefficient (Wildman–Crippen LogP) is 2.07. The van der Waals surface area contributed by atoms with Gasteiger partial charge in [-0.1, -0.05) is 27.7 Å². The first-order valence-corrected chi connectivity index (χ1v) is 6.46. The van der Waals surface area contributed by atoms with E-state index in [0.29, 0.717) is 12.0 Å². The minimum atomic E-state index is 0. The maximum absolute atomic E-state index is 6.11. The number of rotatable bonds is 1. The fourth-order valence-electron chi connectivity index (χ4n) is 2.72. The molecule has 2 aliphatic rings. The van der Waals surface area contributed by atoms with E-state index in [-0.39, 0.29) is 40.9 Å². The van der Waals surface area contributed by atoms with Gasteiger partial charge >= 0.3 is 0 Å². The lowest BCUT2D eigenvalue weighted by atomic mass is 10.0. The second-order valence-electron chi connectivity index (χ2n) is 6.46. The summed E-state index contributed by atoms with van der Waals surface area (Å²) in [5, 5.41) is 0. The van der Waals surface area contributed by atoms with Crippen molar-refractivity contribution in [1.82, 2.24) is 4.90 Å². The lowest BCUT2D eigenvalue weighted by molar-refractivity contribution is 0.00526. The minimum Gasteiger partial charge on any atom is -0.375 e. The van der Waals surface area contributed by atoms with Crippen LogP contribution in [0.5, 0.6) is 0 Å². The normalized spacial score (nSPS) is 30.8. The highest BCUT2D eigenvalue weighted by Gasteiger charge is 2.65. The second kappa shape index (κ2) is 5.15. The van der Waals surface area contributed by atoms with Crippen LogP contribution in [0.25, 0.3) is 0 Å². The zero-order valence-corrected chi connectivity index (χ0v) is 14.4. The fourth-order valence-corrected chi connectivity index (χ4v) is 2.72. The Morgan fingerprint density at radius 3 is 2.28 bits per heavy atom. The van der Waals surface area contributed by atoms with Gasteiger partial charge in [-0.2, -0.15) is 0 Å². The monoisotopic (exact) mass is 367 g/mol. The number of guanidine groups is 1. The van der Waals surface area contributed by atoms with E-state index in [1.165, 1.54) is 0 Å². The maximum Gasteiger partial charge on any atom is 0.191 e. The molecule has 1 saturated heterocycles. The summed E-state index contributed by atoms with van der Waals surface area (Å²) >= 11 is 0. The largest absolute Gasteiger partial charge is 0.375 e. The molecule has 18 heavy (non-hydrogen) atoms. The van der Waals surface area contributed by atoms with Crippen LogP contribution >= 0.6 is 24.0 Å². The molecule has 0 aromatic rings. The van der Waals surface area contributed by atoms with Crippen LogP contribution in [0.2, 0.25) is 0 Å². The molecule has 1 heterocycles. The summed E-state index contributed by atoms with van der Waals surface area (Å²) in [4.78, 5) is 6.85. The summed E-state index contributed by atoms with van der Waals surface area (Å²) in [6.07, 6.45) is 0.248. The van der Waals surface area contributed by atoms with E-state index in [4.69, 9.17) is 15.5 Å². The van der Waals surface area contributed by atoms with Crippen molar-refractivity contribution in [3.05, 3.63) is 0 Å². The second-order valence-corrected chi connectivity index (χ2v) is 6.46. The van der Waals surface area contributed by atoms with Gasteiger partial charge in [-0.25, -0.2) is 4.99 Å². The Balaban J connectivity index is 0.00000162. The first kappa shape index (κ1) is 16.0. The summed E-state index contributed by atoms with van der Waals surface area (Å²) in [5.41, 5.74) is 6.63.